The molecule has 0 saturated carbocycles. The molecule has 3 aromatic rings. The number of fused-ring (bicyclic) bond motifs is 1. The van der Waals surface area contributed by atoms with E-state index in [1.165, 1.54) is 34.4 Å². The van der Waals surface area contributed by atoms with E-state index in [1.807, 2.05) is 6.92 Å². The molecule has 1 aromatic carbocycles. The van der Waals surface area contributed by atoms with Crippen molar-refractivity contribution in [3.05, 3.63) is 62.8 Å². The average molecular weight is 318 g/mol. The van der Waals surface area contributed by atoms with Gasteiger partial charge in [-0.15, -0.1) is 11.3 Å². The zero-order valence-electron chi connectivity index (χ0n) is 12.2. The van der Waals surface area contributed by atoms with Gasteiger partial charge in [-0.3, -0.25) is 9.36 Å². The Morgan fingerprint density at radius 3 is 2.86 bits per heavy atom. The predicted octanol–water partition coefficient (Wildman–Crippen LogP) is 2.95. The fourth-order valence-electron chi connectivity index (χ4n) is 2.51. The predicted molar refractivity (Wildman–Crippen MR) is 84.7 cm³/mol. The first-order chi connectivity index (χ1) is 10.5. The highest BCUT2D eigenvalue weighted by atomic mass is 32.1. The van der Waals surface area contributed by atoms with Gasteiger partial charge in [-0.05, 0) is 43.2 Å². The number of aliphatic hydroxyl groups is 1. The Balaban J connectivity index is 1.95. The van der Waals surface area contributed by atoms with Crippen molar-refractivity contribution in [3.8, 4) is 0 Å². The van der Waals surface area contributed by atoms with Gasteiger partial charge in [0, 0.05) is 4.88 Å². The fraction of sp³-hybridized carbons (Fsp3) is 0.250. The summed E-state index contributed by atoms with van der Waals surface area (Å²) in [6.07, 6.45) is 0.556. The van der Waals surface area contributed by atoms with Crippen LogP contribution in [0.1, 0.15) is 22.1 Å². The number of nitrogens with zero attached hydrogens (tertiary/aromatic N) is 2. The SMILES string of the molecule is Cc1cc2c(=O)n(CC(O)c3ccc(F)cc3C)cnc2s1. The lowest BCUT2D eigenvalue weighted by Gasteiger charge is -2.15. The molecule has 0 aliphatic carbocycles. The summed E-state index contributed by atoms with van der Waals surface area (Å²) in [6.45, 7) is 3.74. The molecule has 0 saturated heterocycles. The van der Waals surface area contributed by atoms with Crippen molar-refractivity contribution in [2.24, 2.45) is 0 Å². The highest BCUT2D eigenvalue weighted by Crippen LogP contribution is 2.22. The molecule has 1 N–H and O–H groups in total. The van der Waals surface area contributed by atoms with Crippen LogP contribution in [0.2, 0.25) is 0 Å². The smallest absolute Gasteiger partial charge is 0.262 e. The van der Waals surface area contributed by atoms with Gasteiger partial charge in [0.25, 0.3) is 5.56 Å². The molecule has 0 amide bonds. The molecule has 0 aliphatic rings. The molecule has 0 fully saturated rings. The molecule has 2 heterocycles. The number of halogens is 1. The van der Waals surface area contributed by atoms with Gasteiger partial charge in [0.2, 0.25) is 0 Å². The van der Waals surface area contributed by atoms with Crippen LogP contribution in [0.3, 0.4) is 0 Å². The van der Waals surface area contributed by atoms with Crippen LogP contribution in [0, 0.1) is 19.7 Å². The Morgan fingerprint density at radius 1 is 1.36 bits per heavy atom. The van der Waals surface area contributed by atoms with Gasteiger partial charge in [0.15, 0.2) is 0 Å². The van der Waals surface area contributed by atoms with Gasteiger partial charge < -0.3 is 5.11 Å². The first kappa shape index (κ1) is 14.9. The number of hydrogen-bond acceptors (Lipinski definition) is 4. The van der Waals surface area contributed by atoms with E-state index in [-0.39, 0.29) is 17.9 Å². The van der Waals surface area contributed by atoms with Gasteiger partial charge in [-0.1, -0.05) is 6.07 Å². The van der Waals surface area contributed by atoms with Crippen molar-refractivity contribution in [3.63, 3.8) is 0 Å². The number of aryl methyl sites for hydroxylation is 2. The highest BCUT2D eigenvalue weighted by Gasteiger charge is 2.14. The monoisotopic (exact) mass is 318 g/mol. The molecule has 3 rings (SSSR count). The van der Waals surface area contributed by atoms with Gasteiger partial charge in [-0.2, -0.15) is 0 Å². The summed E-state index contributed by atoms with van der Waals surface area (Å²) < 4.78 is 14.5. The topological polar surface area (TPSA) is 55.1 Å². The summed E-state index contributed by atoms with van der Waals surface area (Å²) in [6, 6.07) is 6.02. The van der Waals surface area contributed by atoms with Crippen LogP contribution < -0.4 is 5.56 Å². The normalized spacial score (nSPS) is 12.7. The molecular weight excluding hydrogens is 303 g/mol. The standard InChI is InChI=1S/C16H15FN2O2S/c1-9-5-11(17)3-4-12(9)14(20)7-19-8-18-15-13(16(19)21)6-10(2)22-15/h3-6,8,14,20H,7H2,1-2H3. The molecular formula is C16H15FN2O2S. The van der Waals surface area contributed by atoms with E-state index in [9.17, 15) is 14.3 Å². The van der Waals surface area contributed by atoms with Crippen LogP contribution in [0.25, 0.3) is 10.2 Å². The van der Waals surface area contributed by atoms with E-state index < -0.39 is 6.10 Å². The largest absolute Gasteiger partial charge is 0.387 e. The number of aliphatic hydroxyl groups excluding tert-OH is 1. The molecule has 0 spiro atoms. The van der Waals surface area contributed by atoms with Crippen molar-refractivity contribution in [2.45, 2.75) is 26.5 Å². The summed E-state index contributed by atoms with van der Waals surface area (Å²) in [5, 5.41) is 10.9. The Morgan fingerprint density at radius 2 is 2.14 bits per heavy atom. The van der Waals surface area contributed by atoms with Crippen molar-refractivity contribution in [2.75, 3.05) is 0 Å². The Kier molecular flexibility index (Phi) is 3.80. The van der Waals surface area contributed by atoms with Crippen LogP contribution in [0.4, 0.5) is 4.39 Å². The molecule has 6 heteroatoms. The number of hydrogen-bond donors (Lipinski definition) is 1. The van der Waals surface area contributed by atoms with Gasteiger partial charge in [-0.25, -0.2) is 9.37 Å². The third kappa shape index (κ3) is 2.67. The Hall–Kier alpha value is -2.05. The van der Waals surface area contributed by atoms with E-state index in [2.05, 4.69) is 4.98 Å². The minimum atomic E-state index is -0.891. The van der Waals surface area contributed by atoms with E-state index in [4.69, 9.17) is 0 Å². The van der Waals surface area contributed by atoms with Crippen molar-refractivity contribution < 1.29 is 9.50 Å². The molecule has 0 radical (unpaired) electrons. The lowest BCUT2D eigenvalue weighted by molar-refractivity contribution is 0.154. The molecule has 1 atom stereocenters. The van der Waals surface area contributed by atoms with E-state index in [0.717, 1.165) is 4.88 Å². The second-order valence-corrected chi connectivity index (χ2v) is 6.53. The summed E-state index contributed by atoms with van der Waals surface area (Å²) in [7, 11) is 0. The zero-order chi connectivity index (χ0) is 15.9. The lowest BCUT2D eigenvalue weighted by atomic mass is 10.0. The van der Waals surface area contributed by atoms with Gasteiger partial charge in [0.1, 0.15) is 10.6 Å². The zero-order valence-corrected chi connectivity index (χ0v) is 13.0. The number of thiophene rings is 1. The molecule has 0 aliphatic heterocycles. The lowest BCUT2D eigenvalue weighted by Crippen LogP contribution is -2.23. The quantitative estimate of drug-likeness (QED) is 0.808. The summed E-state index contributed by atoms with van der Waals surface area (Å²) >= 11 is 1.47. The molecule has 22 heavy (non-hydrogen) atoms. The van der Waals surface area contributed by atoms with Crippen LogP contribution in [0.5, 0.6) is 0 Å². The van der Waals surface area contributed by atoms with E-state index >= 15 is 0 Å². The summed E-state index contributed by atoms with van der Waals surface area (Å²) in [5.74, 6) is -0.345. The molecule has 1 unspecified atom stereocenters. The van der Waals surface area contributed by atoms with E-state index in [1.54, 1.807) is 19.1 Å². The molecule has 2 aromatic heterocycles. The third-order valence-electron chi connectivity index (χ3n) is 3.60. The molecule has 0 bridgehead atoms. The minimum absolute atomic E-state index is 0.0864. The van der Waals surface area contributed by atoms with Crippen LogP contribution >= 0.6 is 11.3 Å². The number of aromatic nitrogens is 2. The fourth-order valence-corrected chi connectivity index (χ4v) is 3.35. The number of rotatable bonds is 3. The molecule has 4 nitrogen and oxygen atoms in total. The van der Waals surface area contributed by atoms with Gasteiger partial charge in [0.05, 0.1) is 24.4 Å². The highest BCUT2D eigenvalue weighted by molar-refractivity contribution is 7.18. The third-order valence-corrected chi connectivity index (χ3v) is 4.56. The maximum atomic E-state index is 13.1. The first-order valence-electron chi connectivity index (χ1n) is 6.85. The second-order valence-electron chi connectivity index (χ2n) is 5.29. The summed E-state index contributed by atoms with van der Waals surface area (Å²) in [4.78, 5) is 18.4. The van der Waals surface area contributed by atoms with Crippen LogP contribution in [-0.4, -0.2) is 14.7 Å². The Bertz CT molecular complexity index is 901. The minimum Gasteiger partial charge on any atom is -0.387 e. The maximum Gasteiger partial charge on any atom is 0.262 e. The second kappa shape index (κ2) is 5.62. The van der Waals surface area contributed by atoms with E-state index in [0.29, 0.717) is 21.3 Å². The maximum absolute atomic E-state index is 13.1. The van der Waals surface area contributed by atoms with Crippen LogP contribution in [0.15, 0.2) is 35.4 Å². The number of benzene rings is 1. The van der Waals surface area contributed by atoms with Crippen molar-refractivity contribution in [1.29, 1.82) is 0 Å². The van der Waals surface area contributed by atoms with Crippen molar-refractivity contribution >= 4 is 21.6 Å². The molecule has 114 valence electrons. The summed E-state index contributed by atoms with van der Waals surface area (Å²) in [5.41, 5.74) is 1.09. The van der Waals surface area contributed by atoms with Crippen molar-refractivity contribution in [1.82, 2.24) is 9.55 Å². The first-order valence-corrected chi connectivity index (χ1v) is 7.67. The van der Waals surface area contributed by atoms with Gasteiger partial charge >= 0.3 is 0 Å². The average Bonchev–Trinajstić information content (AvgIpc) is 2.83. The Labute approximate surface area is 130 Å². The van der Waals surface area contributed by atoms with Crippen LogP contribution in [-0.2, 0) is 6.54 Å².